The molecule has 2 heterocycles. The normalized spacial score (nSPS) is 9.70. The number of ether oxygens (including phenoxy) is 2. The number of phenols is 2. The van der Waals surface area contributed by atoms with Crippen molar-refractivity contribution in [2.24, 2.45) is 10.2 Å². The van der Waals surface area contributed by atoms with E-state index in [4.69, 9.17) is 23.6 Å². The Kier molecular flexibility index (Phi) is 19.7. The molecule has 2 aromatic heterocycles. The van der Waals surface area contributed by atoms with Crippen LogP contribution in [0.5, 0.6) is 11.5 Å². The van der Waals surface area contributed by atoms with Gasteiger partial charge in [0.2, 0.25) is 23.2 Å². The predicted molar refractivity (Wildman–Crippen MR) is 201 cm³/mol. The Morgan fingerprint density at radius 2 is 1.31 bits per heavy atom. The molecule has 0 aliphatic heterocycles. The molecule has 4 amide bonds. The molecule has 8 N–H and O–H groups in total. The molecule has 54 heavy (non-hydrogen) atoms. The van der Waals surface area contributed by atoms with Gasteiger partial charge in [-0.25, -0.2) is 28.0 Å². The number of nitrogen functional groups attached to an aromatic ring is 1. The number of phenolic OH excluding ortho intramolecular Hbond substituents is 2. The number of rotatable bonds is 8. The molecule has 281 valence electrons. The number of azo groups is 1. The van der Waals surface area contributed by atoms with E-state index in [1.165, 1.54) is 49.6 Å². The smallest absolute Gasteiger partial charge is 0.411 e. The van der Waals surface area contributed by atoms with Crippen molar-refractivity contribution >= 4 is 96.9 Å². The molecule has 0 bridgehead atoms. The molecule has 1 radical (unpaired) electrons. The number of aryl methyl sites for hydroxylation is 2. The van der Waals surface area contributed by atoms with Crippen molar-refractivity contribution in [1.29, 1.82) is 0 Å². The van der Waals surface area contributed by atoms with Gasteiger partial charge < -0.3 is 36.1 Å². The Balaban J connectivity index is 0.000000458. The summed E-state index contributed by atoms with van der Waals surface area (Å²) in [5.41, 5.74) is 8.47. The summed E-state index contributed by atoms with van der Waals surface area (Å²) < 4.78 is 17.4. The largest absolute Gasteiger partial charge is 0.506 e. The van der Waals surface area contributed by atoms with Gasteiger partial charge >= 0.3 is 12.2 Å². The van der Waals surface area contributed by atoms with Crippen molar-refractivity contribution in [3.8, 4) is 11.5 Å². The summed E-state index contributed by atoms with van der Waals surface area (Å²) in [5, 5.41) is 38.3. The zero-order valence-corrected chi connectivity index (χ0v) is 34.3. The zero-order chi connectivity index (χ0) is 39.7. The molecular formula is C32H35N11O8S2Y. The fraction of sp³-hybridized carbons (Fsp3) is 0.250. The van der Waals surface area contributed by atoms with Crippen LogP contribution in [0.2, 0.25) is 0 Å². The number of anilines is 5. The molecule has 0 saturated heterocycles. The Morgan fingerprint density at radius 1 is 0.778 bits per heavy atom. The topological polar surface area (TPSA) is 261 Å². The average molecular weight is 855 g/mol. The van der Waals surface area contributed by atoms with Crippen molar-refractivity contribution in [2.45, 2.75) is 41.5 Å². The Labute approximate surface area is 343 Å². The van der Waals surface area contributed by atoms with Gasteiger partial charge in [-0.1, -0.05) is 0 Å². The molecule has 0 aliphatic carbocycles. The summed E-state index contributed by atoms with van der Waals surface area (Å²) in [6, 6.07) is 6.90. The summed E-state index contributed by atoms with van der Waals surface area (Å²) in [4.78, 5) is 51.5. The molecule has 0 unspecified atom stereocenters. The van der Waals surface area contributed by atoms with E-state index in [1.54, 1.807) is 33.8 Å². The number of benzene rings is 2. The van der Waals surface area contributed by atoms with Crippen LogP contribution in [0.3, 0.4) is 0 Å². The van der Waals surface area contributed by atoms with Crippen LogP contribution in [0.1, 0.15) is 39.1 Å². The van der Waals surface area contributed by atoms with Crippen LogP contribution in [-0.4, -0.2) is 56.2 Å². The third-order valence-corrected chi connectivity index (χ3v) is 7.48. The summed E-state index contributed by atoms with van der Waals surface area (Å²) in [6.07, 6.45) is -1.34. The molecule has 0 saturated carbocycles. The van der Waals surface area contributed by atoms with Gasteiger partial charge in [0, 0.05) is 64.4 Å². The average Bonchev–Trinajstić information content (AvgIpc) is 3.61. The van der Waals surface area contributed by atoms with Crippen LogP contribution in [0.25, 0.3) is 9.69 Å². The summed E-state index contributed by atoms with van der Waals surface area (Å²) in [5.74, 6) is -1.08. The molecule has 0 aliphatic rings. The van der Waals surface area contributed by atoms with Crippen molar-refractivity contribution in [1.82, 2.24) is 8.75 Å². The van der Waals surface area contributed by atoms with Crippen LogP contribution in [0.15, 0.2) is 40.6 Å². The second kappa shape index (κ2) is 23.0. The van der Waals surface area contributed by atoms with E-state index in [9.17, 15) is 29.4 Å². The summed E-state index contributed by atoms with van der Waals surface area (Å²) >= 11 is 2.18. The SMILES string of the molecule is CCOC(=O)Nc1ccc(NC(C)=O)c(O)c1.[C-]#[N+]c1c(C)nsc1N.[C-]#[N+]c1c(C)nsc1N=Nc1cc(NC(C)=O)c(O)cc1NC(=O)OCC.[Y]. The van der Waals surface area contributed by atoms with Gasteiger partial charge in [-0.2, -0.15) is 0 Å². The van der Waals surface area contributed by atoms with Gasteiger partial charge in [0.15, 0.2) is 5.00 Å². The Bertz CT molecular complexity index is 2050. The van der Waals surface area contributed by atoms with Crippen molar-refractivity contribution in [3.05, 3.63) is 64.6 Å². The van der Waals surface area contributed by atoms with E-state index in [-0.39, 0.29) is 91.8 Å². The van der Waals surface area contributed by atoms with Gasteiger partial charge in [0.1, 0.15) is 22.2 Å². The molecule has 2 aromatic carbocycles. The molecule has 0 spiro atoms. The number of nitrogens with two attached hydrogens (primary N) is 1. The maximum atomic E-state index is 11.7. The van der Waals surface area contributed by atoms with Crippen LogP contribution in [-0.2, 0) is 51.8 Å². The summed E-state index contributed by atoms with van der Waals surface area (Å²) in [7, 11) is 0. The third-order valence-electron chi connectivity index (χ3n) is 5.91. The molecule has 4 rings (SSSR count). The first-order valence-corrected chi connectivity index (χ1v) is 16.7. The first kappa shape index (κ1) is 46.3. The number of carbonyl (C=O) groups is 4. The van der Waals surface area contributed by atoms with E-state index >= 15 is 0 Å². The van der Waals surface area contributed by atoms with E-state index in [1.807, 2.05) is 0 Å². The maximum Gasteiger partial charge on any atom is 0.411 e. The second-order valence-electron chi connectivity index (χ2n) is 10.00. The van der Waals surface area contributed by atoms with E-state index in [0.29, 0.717) is 27.1 Å². The molecule has 4 aromatic rings. The van der Waals surface area contributed by atoms with Crippen LogP contribution in [0, 0.1) is 27.0 Å². The fourth-order valence-electron chi connectivity index (χ4n) is 3.68. The maximum absolute atomic E-state index is 11.7. The van der Waals surface area contributed by atoms with Gasteiger partial charge in [0.05, 0.1) is 54.8 Å². The monoisotopic (exact) mass is 854 g/mol. The number of amides is 4. The number of aromatic nitrogens is 2. The zero-order valence-electron chi connectivity index (χ0n) is 29.8. The van der Waals surface area contributed by atoms with Crippen molar-refractivity contribution in [3.63, 3.8) is 0 Å². The Morgan fingerprint density at radius 3 is 1.81 bits per heavy atom. The van der Waals surface area contributed by atoms with Crippen LogP contribution >= 0.6 is 23.1 Å². The van der Waals surface area contributed by atoms with E-state index < -0.39 is 18.1 Å². The number of carbonyl (C=O) groups excluding carboxylic acids is 4. The van der Waals surface area contributed by atoms with Crippen LogP contribution in [0.4, 0.5) is 59.4 Å². The predicted octanol–water partition coefficient (Wildman–Crippen LogP) is 8.15. The van der Waals surface area contributed by atoms with Gasteiger partial charge in [-0.15, -0.1) is 10.2 Å². The summed E-state index contributed by atoms with van der Waals surface area (Å²) in [6.45, 7) is 23.7. The quantitative estimate of drug-likeness (QED) is 0.0505. The number of hydrogen-bond acceptors (Lipinski definition) is 15. The first-order chi connectivity index (χ1) is 25.1. The van der Waals surface area contributed by atoms with Crippen molar-refractivity contribution < 1.29 is 71.6 Å². The molecular weight excluding hydrogens is 819 g/mol. The Hall–Kier alpha value is -5.74. The van der Waals surface area contributed by atoms with Crippen molar-refractivity contribution in [2.75, 3.05) is 40.2 Å². The molecule has 0 atom stereocenters. The minimum Gasteiger partial charge on any atom is -0.506 e. The number of nitrogens with one attached hydrogen (secondary N) is 4. The number of hydrogen-bond donors (Lipinski definition) is 7. The molecule has 19 nitrogen and oxygen atoms in total. The van der Waals surface area contributed by atoms with Gasteiger partial charge in [-0.3, -0.25) is 20.2 Å². The minimum atomic E-state index is -0.740. The first-order valence-electron chi connectivity index (χ1n) is 15.1. The van der Waals surface area contributed by atoms with Crippen LogP contribution < -0.4 is 27.0 Å². The number of aromatic hydroxyl groups is 2. The van der Waals surface area contributed by atoms with E-state index in [0.717, 1.165) is 17.2 Å². The van der Waals surface area contributed by atoms with E-state index in [2.05, 4.69) is 54.7 Å². The van der Waals surface area contributed by atoms with Gasteiger partial charge in [-0.05, 0) is 69.0 Å². The second-order valence-corrected chi connectivity index (χ2v) is 11.6. The minimum absolute atomic E-state index is 0. The molecule has 0 fully saturated rings. The fourth-order valence-corrected chi connectivity index (χ4v) is 4.95. The number of nitrogens with zero attached hydrogens (tertiary/aromatic N) is 6. The van der Waals surface area contributed by atoms with Gasteiger partial charge in [0.25, 0.3) is 0 Å². The third kappa shape index (κ3) is 14.7. The standard InChI is InChI=1S/C16H16N6O4S.C11H14N2O4.C5H5N3S.Y/c1-5-26-16(25)19-10-7-13(24)12(18-9(3)23)6-11(10)20-21-15-14(17-4)8(2)22-27-15;1-3-17-11(16)13-8-4-5-9(10(15)6-8)12-7(2)14;1-3-4(7-2)5(6)9-8-3;/h6-7,24H,5H2,1-3H3,(H,18,23)(H,19,25);4-6,15H,3H2,1-2H3,(H,12,14)(H,13,16);6H2,1H3;. The molecule has 22 heteroatoms.